The van der Waals surface area contributed by atoms with Gasteiger partial charge in [-0.2, -0.15) is 0 Å². The van der Waals surface area contributed by atoms with E-state index in [1.165, 1.54) is 0 Å². The zero-order valence-corrected chi connectivity index (χ0v) is 9.55. The molecule has 0 aromatic heterocycles. The van der Waals surface area contributed by atoms with Crippen LogP contribution >= 0.6 is 0 Å². The normalized spacial score (nSPS) is 7.41. The van der Waals surface area contributed by atoms with Crippen LogP contribution in [0.2, 0.25) is 0 Å². The first kappa shape index (κ1) is 20.3. The predicted molar refractivity (Wildman–Crippen MR) is 61.6 cm³/mol. The smallest absolute Gasteiger partial charge is 0.331 e. The van der Waals surface area contributed by atoms with Crippen LogP contribution in [0.5, 0.6) is 0 Å². The molecule has 0 aromatic rings. The van der Waals surface area contributed by atoms with Crippen LogP contribution in [0.4, 0.5) is 0 Å². The summed E-state index contributed by atoms with van der Waals surface area (Å²) in [5.41, 5.74) is 4.54. The minimum absolute atomic E-state index is 0.303. The quantitative estimate of drug-likeness (QED) is 0.525. The maximum Gasteiger partial charge on any atom is 0.331 e. The molecule has 0 aliphatic rings. The summed E-state index contributed by atoms with van der Waals surface area (Å²) in [7, 11) is 0. The maximum atomic E-state index is 9.87. The van der Waals surface area contributed by atoms with E-state index < -0.39 is 24.3 Å². The van der Waals surface area contributed by atoms with Crippen LogP contribution in [0, 0.1) is 0 Å². The first-order valence-electron chi connectivity index (χ1n) is 4.41. The minimum atomic E-state index is -1.27. The molecule has 0 aromatic carbocycles. The van der Waals surface area contributed by atoms with Gasteiger partial charge in [0.05, 0.1) is 6.42 Å². The van der Waals surface area contributed by atoms with Gasteiger partial charge in [0.1, 0.15) is 0 Å². The fourth-order valence-corrected chi connectivity index (χ4v) is 0.258. The molecule has 0 spiro atoms. The third-order valence-corrected chi connectivity index (χ3v) is 0.842. The third-order valence-electron chi connectivity index (χ3n) is 0.842. The van der Waals surface area contributed by atoms with Gasteiger partial charge in [0.25, 0.3) is 0 Å². The summed E-state index contributed by atoms with van der Waals surface area (Å²) in [5, 5.41) is 23.7. The van der Waals surface area contributed by atoms with Gasteiger partial charge in [-0.1, -0.05) is 20.1 Å². The van der Waals surface area contributed by atoms with Crippen LogP contribution in [0.1, 0.15) is 13.3 Å². The maximum absolute atomic E-state index is 9.87. The van der Waals surface area contributed by atoms with Crippen LogP contribution in [0.3, 0.4) is 0 Å². The molecule has 0 atom stereocenters. The minimum Gasteiger partial charge on any atom is -0.481 e. The molecule has 0 aliphatic heterocycles. The molecule has 5 N–H and O–H groups in total. The Morgan fingerprint density at radius 3 is 1.59 bits per heavy atom. The second-order valence-corrected chi connectivity index (χ2v) is 2.43. The summed E-state index contributed by atoms with van der Waals surface area (Å²) in [6.45, 7) is 8.63. The first-order valence-corrected chi connectivity index (χ1v) is 4.41. The Morgan fingerprint density at radius 1 is 1.24 bits per heavy atom. The molecule has 0 saturated carbocycles. The largest absolute Gasteiger partial charge is 0.481 e. The van der Waals surface area contributed by atoms with Gasteiger partial charge >= 0.3 is 17.9 Å². The van der Waals surface area contributed by atoms with Gasteiger partial charge in [0, 0.05) is 11.6 Å². The predicted octanol–water partition coefficient (Wildman–Crippen LogP) is 0.324. The average Bonchev–Trinajstić information content (AvgIpc) is 2.18. The van der Waals surface area contributed by atoms with E-state index in [9.17, 15) is 14.4 Å². The number of rotatable bonds is 4. The fourth-order valence-electron chi connectivity index (χ4n) is 0.258. The van der Waals surface area contributed by atoms with Crippen LogP contribution in [-0.2, 0) is 14.4 Å². The second kappa shape index (κ2) is 13.8. The molecule has 0 bridgehead atoms. The molecule has 0 heterocycles. The third kappa shape index (κ3) is 31.6. The summed E-state index contributed by atoms with van der Waals surface area (Å²) in [5.74, 6) is -3.43. The van der Waals surface area contributed by atoms with Gasteiger partial charge < -0.3 is 21.1 Å². The van der Waals surface area contributed by atoms with Crippen molar-refractivity contribution in [3.8, 4) is 0 Å². The number of carbonyl (C=O) groups is 3. The van der Waals surface area contributed by atoms with E-state index in [1.54, 1.807) is 0 Å². The zero-order valence-electron chi connectivity index (χ0n) is 9.55. The van der Waals surface area contributed by atoms with Crippen molar-refractivity contribution in [2.24, 2.45) is 5.73 Å². The number of carboxylic acids is 3. The molecule has 98 valence electrons. The molecule has 0 fully saturated rings. The highest BCUT2D eigenvalue weighted by Crippen LogP contribution is 1.95. The van der Waals surface area contributed by atoms with Gasteiger partial charge in [0.15, 0.2) is 0 Å². The van der Waals surface area contributed by atoms with Gasteiger partial charge in [0.2, 0.25) is 0 Å². The van der Waals surface area contributed by atoms with Crippen molar-refractivity contribution in [1.82, 2.24) is 0 Å². The Kier molecular flexibility index (Phi) is 16.5. The van der Waals surface area contributed by atoms with Gasteiger partial charge in [-0.3, -0.25) is 4.79 Å². The van der Waals surface area contributed by atoms with Crippen molar-refractivity contribution in [3.63, 3.8) is 0 Å². The van der Waals surface area contributed by atoms with Crippen molar-refractivity contribution in [2.45, 2.75) is 13.3 Å². The van der Waals surface area contributed by atoms with E-state index in [2.05, 4.69) is 13.2 Å². The summed E-state index contributed by atoms with van der Waals surface area (Å²) in [6.07, 6.45) is 0.329. The lowest BCUT2D eigenvalue weighted by atomic mass is 10.2. The van der Waals surface area contributed by atoms with E-state index in [0.29, 0.717) is 0 Å². The number of aliphatic carboxylic acids is 3. The van der Waals surface area contributed by atoms with E-state index in [-0.39, 0.29) is 5.57 Å². The summed E-state index contributed by atoms with van der Waals surface area (Å²) in [6, 6.07) is 0. The Labute approximate surface area is 98.9 Å². The highest BCUT2D eigenvalue weighted by atomic mass is 16.4. The van der Waals surface area contributed by atoms with Gasteiger partial charge in [-0.05, 0) is 6.54 Å². The molecule has 0 rings (SSSR count). The summed E-state index contributed by atoms with van der Waals surface area (Å²) >= 11 is 0. The summed E-state index contributed by atoms with van der Waals surface area (Å²) in [4.78, 5) is 28.9. The number of hydrogen-bond acceptors (Lipinski definition) is 4. The highest BCUT2D eigenvalue weighted by molar-refractivity contribution is 5.91. The Hall–Kier alpha value is -2.15. The van der Waals surface area contributed by atoms with Crippen molar-refractivity contribution < 1.29 is 29.7 Å². The van der Waals surface area contributed by atoms with Crippen molar-refractivity contribution >= 4 is 17.9 Å². The number of hydrogen-bond donors (Lipinski definition) is 4. The Bertz CT molecular complexity index is 285. The molecule has 0 saturated heterocycles. The van der Waals surface area contributed by atoms with E-state index in [4.69, 9.17) is 21.1 Å². The highest BCUT2D eigenvalue weighted by Gasteiger charge is 2.07. The molecular weight excluding hydrogens is 230 g/mol. The topological polar surface area (TPSA) is 138 Å². The van der Waals surface area contributed by atoms with Crippen LogP contribution in [0.15, 0.2) is 24.8 Å². The fraction of sp³-hybridized carbons (Fsp3) is 0.300. The van der Waals surface area contributed by atoms with Crippen molar-refractivity contribution in [3.05, 3.63) is 24.8 Å². The second-order valence-electron chi connectivity index (χ2n) is 2.43. The first-order chi connectivity index (χ1) is 7.72. The lowest BCUT2D eigenvalue weighted by molar-refractivity contribution is -0.139. The lowest BCUT2D eigenvalue weighted by Crippen LogP contribution is -2.04. The molecule has 7 nitrogen and oxygen atoms in total. The summed E-state index contributed by atoms with van der Waals surface area (Å²) < 4.78 is 0. The average molecular weight is 247 g/mol. The Balaban J connectivity index is -0.000000207. The molecule has 17 heavy (non-hydrogen) atoms. The SMILES string of the molecule is C=C(CC(=O)O)C(=O)O.C=CC(=O)O.CCN. The molecule has 7 heteroatoms. The molecule has 0 radical (unpaired) electrons. The van der Waals surface area contributed by atoms with Gasteiger partial charge in [-0.15, -0.1) is 0 Å². The van der Waals surface area contributed by atoms with Crippen LogP contribution < -0.4 is 5.73 Å². The molecular formula is C10H17NO6. The molecule has 0 amide bonds. The van der Waals surface area contributed by atoms with Crippen molar-refractivity contribution in [1.29, 1.82) is 0 Å². The zero-order chi connectivity index (χ0) is 14.4. The van der Waals surface area contributed by atoms with E-state index in [0.717, 1.165) is 12.6 Å². The van der Waals surface area contributed by atoms with Crippen LogP contribution in [0.25, 0.3) is 0 Å². The molecule has 0 aliphatic carbocycles. The molecule has 0 unspecified atom stereocenters. The van der Waals surface area contributed by atoms with E-state index in [1.807, 2.05) is 6.92 Å². The number of nitrogens with two attached hydrogens (primary N) is 1. The standard InChI is InChI=1S/C5H6O4.C3H4O2.C2H7N/c1-3(5(8)9)2-4(6)7;1-2-3(4)5;1-2-3/h1-2H2,(H,6,7)(H,8,9);2H,1H2,(H,4,5);2-3H2,1H3. The lowest BCUT2D eigenvalue weighted by Gasteiger charge is -1.91. The van der Waals surface area contributed by atoms with Crippen LogP contribution in [-0.4, -0.2) is 39.8 Å². The van der Waals surface area contributed by atoms with Crippen molar-refractivity contribution in [2.75, 3.05) is 6.54 Å². The number of carboxylic acid groups (broad SMARTS) is 3. The van der Waals surface area contributed by atoms with Gasteiger partial charge in [-0.25, -0.2) is 9.59 Å². The monoisotopic (exact) mass is 247 g/mol. The Morgan fingerprint density at radius 2 is 1.53 bits per heavy atom. The van der Waals surface area contributed by atoms with E-state index >= 15 is 0 Å².